The molecule has 0 aliphatic carbocycles. The number of carbonyl (C=O) groups excluding carboxylic acids is 1. The largest absolute Gasteiger partial charge is 0.355 e. The number of amides is 1. The molecule has 1 aliphatic heterocycles. The molecule has 11 nitrogen and oxygen atoms in total. The van der Waals surface area contributed by atoms with Gasteiger partial charge in [0.2, 0.25) is 5.91 Å². The van der Waals surface area contributed by atoms with E-state index in [1.54, 1.807) is 17.1 Å². The van der Waals surface area contributed by atoms with E-state index >= 15 is 0 Å². The van der Waals surface area contributed by atoms with Crippen LogP contribution in [0.15, 0.2) is 43.2 Å². The molecular weight excluding hydrogens is 348 g/mol. The van der Waals surface area contributed by atoms with Crippen molar-refractivity contribution in [3.8, 4) is 5.82 Å². The average Bonchev–Trinajstić information content (AvgIpc) is 3.32. The van der Waals surface area contributed by atoms with Crippen LogP contribution in [0.3, 0.4) is 0 Å². The summed E-state index contributed by atoms with van der Waals surface area (Å²) in [6.07, 6.45) is 4.50. The van der Waals surface area contributed by atoms with Gasteiger partial charge in [-0.15, -0.1) is 0 Å². The summed E-state index contributed by atoms with van der Waals surface area (Å²) in [5.74, 6) is 1.25. The Bertz CT molecular complexity index is 1100. The van der Waals surface area contributed by atoms with Crippen LogP contribution in [0, 0.1) is 5.92 Å². The van der Waals surface area contributed by atoms with E-state index in [1.165, 1.54) is 12.7 Å². The molecule has 134 valence electrons. The van der Waals surface area contributed by atoms with E-state index in [0.717, 1.165) is 11.3 Å². The second-order valence-electron chi connectivity index (χ2n) is 6.19. The lowest BCUT2D eigenvalue weighted by Gasteiger charge is -2.39. The Morgan fingerprint density at radius 2 is 1.93 bits per heavy atom. The van der Waals surface area contributed by atoms with Crippen molar-refractivity contribution in [2.45, 2.75) is 0 Å². The zero-order chi connectivity index (χ0) is 18.2. The molecule has 11 heteroatoms. The smallest absolute Gasteiger partial charge is 0.231 e. The molecule has 0 bridgehead atoms. The van der Waals surface area contributed by atoms with Gasteiger partial charge in [-0.25, -0.2) is 19.6 Å². The van der Waals surface area contributed by atoms with Crippen LogP contribution in [-0.2, 0) is 4.79 Å². The molecule has 5 rings (SSSR count). The number of benzene rings is 1. The van der Waals surface area contributed by atoms with Crippen molar-refractivity contribution >= 4 is 28.4 Å². The number of hydrogen-bond donors (Lipinski definition) is 2. The first-order valence-electron chi connectivity index (χ1n) is 8.30. The lowest BCUT2D eigenvalue weighted by molar-refractivity contribution is -0.120. The molecule has 1 fully saturated rings. The molecule has 1 aromatic carbocycles. The standard InChI is InChI=1S/C16H14N10O/c27-16(21-11-1-2-12-13(3-11)23-24-22-12)10-5-25(6-10)14-4-15(19-8-18-14)26-9-17-7-20-26/h1-4,7-10H,5-6H2,(H,21,27)(H,22,23,24). The number of aromatic amines is 1. The van der Waals surface area contributed by atoms with E-state index in [4.69, 9.17) is 0 Å². The lowest BCUT2D eigenvalue weighted by atomic mass is 9.99. The van der Waals surface area contributed by atoms with Gasteiger partial charge in [-0.3, -0.25) is 4.79 Å². The molecule has 27 heavy (non-hydrogen) atoms. The second-order valence-corrected chi connectivity index (χ2v) is 6.19. The summed E-state index contributed by atoms with van der Waals surface area (Å²) in [7, 11) is 0. The van der Waals surface area contributed by atoms with Crippen LogP contribution in [0.4, 0.5) is 11.5 Å². The quantitative estimate of drug-likeness (QED) is 0.533. The Labute approximate surface area is 152 Å². The van der Waals surface area contributed by atoms with Gasteiger partial charge >= 0.3 is 0 Å². The minimum Gasteiger partial charge on any atom is -0.355 e. The third-order valence-corrected chi connectivity index (χ3v) is 4.45. The minimum atomic E-state index is -0.109. The Kier molecular flexibility index (Phi) is 3.49. The Hall–Kier alpha value is -3.89. The number of anilines is 2. The summed E-state index contributed by atoms with van der Waals surface area (Å²) in [5, 5.41) is 17.6. The molecule has 4 aromatic rings. The van der Waals surface area contributed by atoms with Crippen LogP contribution in [0.2, 0.25) is 0 Å². The van der Waals surface area contributed by atoms with Crippen LogP contribution in [0.1, 0.15) is 0 Å². The maximum Gasteiger partial charge on any atom is 0.231 e. The van der Waals surface area contributed by atoms with E-state index in [1.807, 2.05) is 23.1 Å². The molecule has 0 atom stereocenters. The van der Waals surface area contributed by atoms with Crippen LogP contribution in [0.25, 0.3) is 16.9 Å². The van der Waals surface area contributed by atoms with Gasteiger partial charge in [-0.05, 0) is 18.2 Å². The molecule has 4 heterocycles. The number of H-pyrrole nitrogens is 1. The fraction of sp³-hybridized carbons (Fsp3) is 0.188. The minimum absolute atomic E-state index is 0.0281. The molecular formula is C16H14N10O. The summed E-state index contributed by atoms with van der Waals surface area (Å²) in [5.41, 5.74) is 2.18. The highest BCUT2D eigenvalue weighted by Crippen LogP contribution is 2.25. The van der Waals surface area contributed by atoms with Crippen molar-refractivity contribution in [1.29, 1.82) is 0 Å². The van der Waals surface area contributed by atoms with Gasteiger partial charge in [0.25, 0.3) is 0 Å². The second kappa shape index (κ2) is 6.12. The zero-order valence-corrected chi connectivity index (χ0v) is 14.0. The molecule has 0 saturated carbocycles. The number of hydrogen-bond acceptors (Lipinski definition) is 8. The fourth-order valence-corrected chi connectivity index (χ4v) is 2.96. The Balaban J connectivity index is 1.24. The van der Waals surface area contributed by atoms with Crippen molar-refractivity contribution in [3.63, 3.8) is 0 Å². The molecule has 0 unspecified atom stereocenters. The predicted octanol–water partition coefficient (Wildman–Crippen LogP) is 0.403. The third kappa shape index (κ3) is 2.84. The van der Waals surface area contributed by atoms with Gasteiger partial charge in [-0.2, -0.15) is 20.5 Å². The Morgan fingerprint density at radius 3 is 2.78 bits per heavy atom. The maximum atomic E-state index is 12.5. The van der Waals surface area contributed by atoms with E-state index in [0.29, 0.717) is 30.1 Å². The number of nitrogens with one attached hydrogen (secondary N) is 2. The highest BCUT2D eigenvalue weighted by molar-refractivity contribution is 5.95. The first-order chi connectivity index (χ1) is 13.3. The van der Waals surface area contributed by atoms with Crippen molar-refractivity contribution in [3.05, 3.63) is 43.2 Å². The number of nitrogens with zero attached hydrogens (tertiary/aromatic N) is 8. The molecule has 0 spiro atoms. The third-order valence-electron chi connectivity index (χ3n) is 4.45. The van der Waals surface area contributed by atoms with Gasteiger partial charge < -0.3 is 10.2 Å². The summed E-state index contributed by atoms with van der Waals surface area (Å²) in [6.45, 7) is 1.18. The monoisotopic (exact) mass is 362 g/mol. The number of aromatic nitrogens is 8. The van der Waals surface area contributed by atoms with E-state index in [9.17, 15) is 4.79 Å². The predicted molar refractivity (Wildman–Crippen MR) is 95.2 cm³/mol. The molecule has 2 N–H and O–H groups in total. The van der Waals surface area contributed by atoms with Crippen molar-refractivity contribution in [2.75, 3.05) is 23.3 Å². The Morgan fingerprint density at radius 1 is 1.07 bits per heavy atom. The van der Waals surface area contributed by atoms with Crippen molar-refractivity contribution in [2.24, 2.45) is 5.92 Å². The maximum absolute atomic E-state index is 12.5. The van der Waals surface area contributed by atoms with Crippen LogP contribution < -0.4 is 10.2 Å². The van der Waals surface area contributed by atoms with E-state index < -0.39 is 0 Å². The van der Waals surface area contributed by atoms with Gasteiger partial charge in [0, 0.05) is 24.8 Å². The lowest BCUT2D eigenvalue weighted by Crippen LogP contribution is -2.52. The fourth-order valence-electron chi connectivity index (χ4n) is 2.96. The number of rotatable bonds is 4. The summed E-state index contributed by atoms with van der Waals surface area (Å²) in [6, 6.07) is 7.24. The summed E-state index contributed by atoms with van der Waals surface area (Å²) < 4.78 is 1.56. The molecule has 0 radical (unpaired) electrons. The van der Waals surface area contributed by atoms with Crippen LogP contribution in [-0.4, -0.2) is 59.1 Å². The van der Waals surface area contributed by atoms with Gasteiger partial charge in [0.05, 0.1) is 5.92 Å². The van der Waals surface area contributed by atoms with E-state index in [2.05, 4.69) is 40.8 Å². The first-order valence-corrected chi connectivity index (χ1v) is 8.30. The first kappa shape index (κ1) is 15.4. The number of fused-ring (bicyclic) bond motifs is 1. The van der Waals surface area contributed by atoms with Gasteiger partial charge in [0.15, 0.2) is 5.82 Å². The molecule has 3 aromatic heterocycles. The number of carbonyl (C=O) groups is 1. The molecule has 1 saturated heterocycles. The van der Waals surface area contributed by atoms with Crippen LogP contribution in [0.5, 0.6) is 0 Å². The molecule has 1 aliphatic rings. The average molecular weight is 362 g/mol. The van der Waals surface area contributed by atoms with Gasteiger partial charge in [0.1, 0.15) is 35.8 Å². The van der Waals surface area contributed by atoms with Crippen molar-refractivity contribution < 1.29 is 4.79 Å². The summed E-state index contributed by atoms with van der Waals surface area (Å²) >= 11 is 0. The van der Waals surface area contributed by atoms with Gasteiger partial charge in [-0.1, -0.05) is 0 Å². The topological polar surface area (TPSA) is 130 Å². The molecule has 1 amide bonds. The zero-order valence-electron chi connectivity index (χ0n) is 14.0. The normalized spacial score (nSPS) is 14.3. The van der Waals surface area contributed by atoms with E-state index in [-0.39, 0.29) is 11.8 Å². The highest BCUT2D eigenvalue weighted by atomic mass is 16.2. The highest BCUT2D eigenvalue weighted by Gasteiger charge is 2.33. The summed E-state index contributed by atoms with van der Waals surface area (Å²) in [4.78, 5) is 26.9. The van der Waals surface area contributed by atoms with Crippen LogP contribution >= 0.6 is 0 Å². The SMILES string of the molecule is O=C(Nc1ccc2n[nH]nc2c1)C1CN(c2cc(-n3cncn3)ncn2)C1. The van der Waals surface area contributed by atoms with Crippen molar-refractivity contribution in [1.82, 2.24) is 40.1 Å².